The molecule has 0 aliphatic carbocycles. The first-order chi connectivity index (χ1) is 10.4. The third-order valence-corrected chi connectivity index (χ3v) is 4.05. The highest BCUT2D eigenvalue weighted by molar-refractivity contribution is 5.99. The number of hydrogen-bond acceptors (Lipinski definition) is 4. The minimum Gasteiger partial charge on any atom is -0.362 e. The SMILES string of the molecule is CNC(=O)c1cc2c(nc1N(C)C)CCN(CC(C)C)CC2. The Kier molecular flexibility index (Phi) is 5.40. The van der Waals surface area contributed by atoms with Crippen LogP contribution in [0.2, 0.25) is 0 Å². The molecule has 2 heterocycles. The minimum absolute atomic E-state index is 0.0673. The number of nitrogens with one attached hydrogen (secondary N) is 1. The smallest absolute Gasteiger partial charge is 0.254 e. The maximum atomic E-state index is 12.1. The number of amides is 1. The molecule has 1 aliphatic heterocycles. The van der Waals surface area contributed by atoms with Crippen LogP contribution in [-0.2, 0) is 12.8 Å². The summed E-state index contributed by atoms with van der Waals surface area (Å²) in [6, 6.07) is 2.04. The van der Waals surface area contributed by atoms with Crippen molar-refractivity contribution in [3.63, 3.8) is 0 Å². The van der Waals surface area contributed by atoms with E-state index in [9.17, 15) is 4.79 Å². The molecule has 1 N–H and O–H groups in total. The lowest BCUT2D eigenvalue weighted by atomic mass is 10.0. The van der Waals surface area contributed by atoms with Crippen molar-refractivity contribution in [2.24, 2.45) is 5.92 Å². The van der Waals surface area contributed by atoms with Gasteiger partial charge in [-0.3, -0.25) is 4.79 Å². The highest BCUT2D eigenvalue weighted by atomic mass is 16.1. The summed E-state index contributed by atoms with van der Waals surface area (Å²) in [5.41, 5.74) is 3.03. The molecular formula is C17H28N4O. The zero-order valence-corrected chi connectivity index (χ0v) is 14.4. The van der Waals surface area contributed by atoms with E-state index in [0.717, 1.165) is 44.0 Å². The molecule has 2 rings (SSSR count). The zero-order valence-electron chi connectivity index (χ0n) is 14.4. The van der Waals surface area contributed by atoms with Crippen molar-refractivity contribution in [3.8, 4) is 0 Å². The molecule has 0 saturated heterocycles. The van der Waals surface area contributed by atoms with Crippen LogP contribution in [0, 0.1) is 5.92 Å². The molecule has 0 radical (unpaired) electrons. The third kappa shape index (κ3) is 3.77. The van der Waals surface area contributed by atoms with Crippen molar-refractivity contribution in [3.05, 3.63) is 22.9 Å². The van der Waals surface area contributed by atoms with Crippen molar-refractivity contribution < 1.29 is 4.79 Å². The summed E-state index contributed by atoms with van der Waals surface area (Å²) in [5, 5.41) is 2.72. The molecule has 0 fully saturated rings. The van der Waals surface area contributed by atoms with Crippen molar-refractivity contribution in [1.82, 2.24) is 15.2 Å². The Morgan fingerprint density at radius 1 is 1.36 bits per heavy atom. The lowest BCUT2D eigenvalue weighted by Crippen LogP contribution is -2.30. The Morgan fingerprint density at radius 3 is 2.64 bits per heavy atom. The summed E-state index contributed by atoms with van der Waals surface area (Å²) in [6.45, 7) is 7.72. The van der Waals surface area contributed by atoms with Gasteiger partial charge in [0.25, 0.3) is 5.91 Å². The number of nitrogens with zero attached hydrogens (tertiary/aromatic N) is 3. The van der Waals surface area contributed by atoms with Gasteiger partial charge >= 0.3 is 0 Å². The number of aromatic nitrogens is 1. The first-order valence-corrected chi connectivity index (χ1v) is 8.07. The molecule has 1 amide bonds. The maximum absolute atomic E-state index is 12.1. The lowest BCUT2D eigenvalue weighted by molar-refractivity contribution is 0.0963. The molecule has 0 atom stereocenters. The second-order valence-corrected chi connectivity index (χ2v) is 6.63. The van der Waals surface area contributed by atoms with Gasteiger partial charge in [-0.05, 0) is 24.0 Å². The molecule has 0 aromatic carbocycles. The van der Waals surface area contributed by atoms with Gasteiger partial charge in [0.15, 0.2) is 0 Å². The summed E-state index contributed by atoms with van der Waals surface area (Å²) in [6.07, 6.45) is 1.92. The Labute approximate surface area is 133 Å². The van der Waals surface area contributed by atoms with Crippen LogP contribution in [0.1, 0.15) is 35.5 Å². The fraction of sp³-hybridized carbons (Fsp3) is 0.647. The molecule has 22 heavy (non-hydrogen) atoms. The van der Waals surface area contributed by atoms with Gasteiger partial charge in [-0.15, -0.1) is 0 Å². The second-order valence-electron chi connectivity index (χ2n) is 6.63. The van der Waals surface area contributed by atoms with E-state index < -0.39 is 0 Å². The molecule has 0 bridgehead atoms. The summed E-state index contributed by atoms with van der Waals surface area (Å²) < 4.78 is 0. The minimum atomic E-state index is -0.0673. The number of rotatable bonds is 4. The highest BCUT2D eigenvalue weighted by Gasteiger charge is 2.21. The van der Waals surface area contributed by atoms with E-state index in [1.807, 2.05) is 25.1 Å². The lowest BCUT2D eigenvalue weighted by Gasteiger charge is -2.21. The van der Waals surface area contributed by atoms with Crippen molar-refractivity contribution in [1.29, 1.82) is 0 Å². The normalized spacial score (nSPS) is 15.4. The average molecular weight is 304 g/mol. The molecule has 0 saturated carbocycles. The number of hydrogen-bond donors (Lipinski definition) is 1. The monoisotopic (exact) mass is 304 g/mol. The van der Waals surface area contributed by atoms with E-state index >= 15 is 0 Å². The van der Waals surface area contributed by atoms with E-state index in [1.54, 1.807) is 7.05 Å². The zero-order chi connectivity index (χ0) is 16.3. The molecule has 0 unspecified atom stereocenters. The molecule has 5 nitrogen and oxygen atoms in total. The number of fused-ring (bicyclic) bond motifs is 1. The van der Waals surface area contributed by atoms with Gasteiger partial charge in [0.05, 0.1) is 5.56 Å². The van der Waals surface area contributed by atoms with Crippen LogP contribution >= 0.6 is 0 Å². The van der Waals surface area contributed by atoms with E-state index in [1.165, 1.54) is 5.56 Å². The van der Waals surface area contributed by atoms with Gasteiger partial charge in [0, 0.05) is 52.9 Å². The first kappa shape index (κ1) is 16.7. The Hall–Kier alpha value is -1.62. The van der Waals surface area contributed by atoms with Gasteiger partial charge in [0.2, 0.25) is 0 Å². The number of carbonyl (C=O) groups excluding carboxylic acids is 1. The van der Waals surface area contributed by atoms with Gasteiger partial charge < -0.3 is 15.1 Å². The van der Waals surface area contributed by atoms with E-state index in [0.29, 0.717) is 11.5 Å². The quantitative estimate of drug-likeness (QED) is 0.917. The topological polar surface area (TPSA) is 48.5 Å². The summed E-state index contributed by atoms with van der Waals surface area (Å²) >= 11 is 0. The van der Waals surface area contributed by atoms with Crippen molar-refractivity contribution >= 4 is 11.7 Å². The summed E-state index contributed by atoms with van der Waals surface area (Å²) in [7, 11) is 5.53. The Morgan fingerprint density at radius 2 is 2.05 bits per heavy atom. The van der Waals surface area contributed by atoms with Crippen LogP contribution in [0.5, 0.6) is 0 Å². The summed E-state index contributed by atoms with van der Waals surface area (Å²) in [4.78, 5) is 21.3. The van der Waals surface area contributed by atoms with Gasteiger partial charge in [-0.1, -0.05) is 13.8 Å². The summed E-state index contributed by atoms with van der Waals surface area (Å²) in [5.74, 6) is 1.37. The number of pyridine rings is 1. The predicted molar refractivity (Wildman–Crippen MR) is 90.6 cm³/mol. The Balaban J connectivity index is 2.31. The van der Waals surface area contributed by atoms with E-state index in [4.69, 9.17) is 4.98 Å². The van der Waals surface area contributed by atoms with E-state index in [-0.39, 0.29) is 5.91 Å². The van der Waals surface area contributed by atoms with Crippen LogP contribution in [0.3, 0.4) is 0 Å². The molecule has 122 valence electrons. The maximum Gasteiger partial charge on any atom is 0.254 e. The van der Waals surface area contributed by atoms with E-state index in [2.05, 4.69) is 24.1 Å². The van der Waals surface area contributed by atoms with Gasteiger partial charge in [0.1, 0.15) is 5.82 Å². The predicted octanol–water partition coefficient (Wildman–Crippen LogP) is 1.56. The highest BCUT2D eigenvalue weighted by Crippen LogP contribution is 2.23. The van der Waals surface area contributed by atoms with Crippen molar-refractivity contribution in [2.45, 2.75) is 26.7 Å². The van der Waals surface area contributed by atoms with Crippen LogP contribution in [-0.4, -0.2) is 56.6 Å². The molecule has 1 aromatic rings. The molecule has 1 aromatic heterocycles. The van der Waals surface area contributed by atoms with Gasteiger partial charge in [-0.25, -0.2) is 4.98 Å². The standard InChI is InChI=1S/C17H28N4O/c1-12(2)11-21-8-6-13-10-14(17(22)18-3)16(20(4)5)19-15(13)7-9-21/h10,12H,6-9,11H2,1-5H3,(H,18,22). The third-order valence-electron chi connectivity index (χ3n) is 4.05. The molecule has 1 aliphatic rings. The Bertz CT molecular complexity index is 540. The fourth-order valence-corrected chi connectivity index (χ4v) is 3.01. The van der Waals surface area contributed by atoms with Crippen LogP contribution in [0.4, 0.5) is 5.82 Å². The largest absolute Gasteiger partial charge is 0.362 e. The number of carbonyl (C=O) groups is 1. The average Bonchev–Trinajstić information content (AvgIpc) is 2.66. The van der Waals surface area contributed by atoms with Crippen LogP contribution in [0.15, 0.2) is 6.07 Å². The fourth-order valence-electron chi connectivity index (χ4n) is 3.01. The number of anilines is 1. The van der Waals surface area contributed by atoms with Gasteiger partial charge in [-0.2, -0.15) is 0 Å². The molecule has 0 spiro atoms. The second kappa shape index (κ2) is 7.09. The molecular weight excluding hydrogens is 276 g/mol. The van der Waals surface area contributed by atoms with Crippen LogP contribution in [0.25, 0.3) is 0 Å². The van der Waals surface area contributed by atoms with Crippen molar-refractivity contribution in [2.75, 3.05) is 45.7 Å². The first-order valence-electron chi connectivity index (χ1n) is 8.07. The molecule has 5 heteroatoms. The van der Waals surface area contributed by atoms with Crippen LogP contribution < -0.4 is 10.2 Å².